The highest BCUT2D eigenvalue weighted by Crippen LogP contribution is 2.33. The van der Waals surface area contributed by atoms with Crippen molar-refractivity contribution in [2.24, 2.45) is 0 Å². The number of benzene rings is 2. The van der Waals surface area contributed by atoms with Gasteiger partial charge in [0.1, 0.15) is 36.9 Å². The summed E-state index contributed by atoms with van der Waals surface area (Å²) < 4.78 is 37.2. The Morgan fingerprint density at radius 3 is 2.10 bits per heavy atom. The molecule has 0 aliphatic heterocycles. The van der Waals surface area contributed by atoms with Gasteiger partial charge in [-0.05, 0) is 24.3 Å². The molecule has 10 heteroatoms. The standard InChI is InChI=1S/C20H16F2N6O2/c21-16-6-7-17(18(22)8-16)20(9-27-13-23-11-25-27,10-28-14-24-12-26-28)30-19(29)15-4-2-1-3-5-15/h1-8,11-14H,9-10H2. The van der Waals surface area contributed by atoms with E-state index in [1.54, 1.807) is 30.3 Å². The average Bonchev–Trinajstić information content (AvgIpc) is 3.42. The summed E-state index contributed by atoms with van der Waals surface area (Å²) in [5, 5.41) is 8.11. The van der Waals surface area contributed by atoms with Crippen molar-refractivity contribution in [2.75, 3.05) is 0 Å². The Kier molecular flexibility index (Phi) is 5.29. The predicted octanol–water partition coefficient (Wildman–Crippen LogP) is 2.60. The lowest BCUT2D eigenvalue weighted by Gasteiger charge is -2.34. The first-order valence-electron chi connectivity index (χ1n) is 8.94. The largest absolute Gasteiger partial charge is 0.446 e. The Hall–Kier alpha value is -3.95. The summed E-state index contributed by atoms with van der Waals surface area (Å²) in [6.45, 7) is -0.179. The summed E-state index contributed by atoms with van der Waals surface area (Å²) in [6, 6.07) is 11.4. The van der Waals surface area contributed by atoms with Gasteiger partial charge in [0.15, 0.2) is 5.60 Å². The number of halogens is 2. The molecule has 0 aliphatic rings. The van der Waals surface area contributed by atoms with Crippen LogP contribution in [0.5, 0.6) is 0 Å². The van der Waals surface area contributed by atoms with Gasteiger partial charge in [0.25, 0.3) is 0 Å². The molecule has 2 heterocycles. The van der Waals surface area contributed by atoms with Gasteiger partial charge in [-0.25, -0.2) is 32.9 Å². The molecule has 0 radical (unpaired) electrons. The molecule has 2 aromatic heterocycles. The summed E-state index contributed by atoms with van der Waals surface area (Å²) in [7, 11) is 0. The van der Waals surface area contributed by atoms with Crippen molar-refractivity contribution in [1.29, 1.82) is 0 Å². The molecule has 0 saturated heterocycles. The number of aromatic nitrogens is 6. The topological polar surface area (TPSA) is 87.7 Å². The fourth-order valence-electron chi connectivity index (χ4n) is 3.16. The second-order valence-electron chi connectivity index (χ2n) is 6.56. The predicted molar refractivity (Wildman–Crippen MR) is 99.9 cm³/mol. The molecule has 0 unspecified atom stereocenters. The molecule has 8 nitrogen and oxygen atoms in total. The molecule has 4 rings (SSSR count). The van der Waals surface area contributed by atoms with E-state index in [0.717, 1.165) is 12.1 Å². The van der Waals surface area contributed by atoms with E-state index in [0.29, 0.717) is 0 Å². The molecule has 4 aromatic rings. The Morgan fingerprint density at radius 2 is 1.57 bits per heavy atom. The molecule has 0 bridgehead atoms. The first kappa shape index (κ1) is 19.4. The summed E-state index contributed by atoms with van der Waals surface area (Å²) in [6.07, 6.45) is 5.43. The van der Waals surface area contributed by atoms with Gasteiger partial charge in [-0.3, -0.25) is 0 Å². The van der Waals surface area contributed by atoms with Gasteiger partial charge in [0, 0.05) is 11.6 Å². The minimum absolute atomic E-state index is 0.0285. The second-order valence-corrected chi connectivity index (χ2v) is 6.56. The first-order valence-corrected chi connectivity index (χ1v) is 8.94. The van der Waals surface area contributed by atoms with E-state index in [1.165, 1.54) is 40.7 Å². The van der Waals surface area contributed by atoms with Crippen molar-refractivity contribution >= 4 is 5.97 Å². The normalized spacial score (nSPS) is 11.4. The van der Waals surface area contributed by atoms with Gasteiger partial charge in [-0.2, -0.15) is 10.2 Å². The molecule has 30 heavy (non-hydrogen) atoms. The lowest BCUT2D eigenvalue weighted by atomic mass is 9.92. The van der Waals surface area contributed by atoms with Gasteiger partial charge in [0.05, 0.1) is 18.7 Å². The van der Waals surface area contributed by atoms with E-state index in [9.17, 15) is 13.6 Å². The van der Waals surface area contributed by atoms with Crippen LogP contribution < -0.4 is 0 Å². The van der Waals surface area contributed by atoms with Gasteiger partial charge in [0.2, 0.25) is 0 Å². The van der Waals surface area contributed by atoms with E-state index >= 15 is 0 Å². The third-order valence-corrected chi connectivity index (χ3v) is 4.49. The van der Waals surface area contributed by atoms with Crippen LogP contribution in [0.1, 0.15) is 15.9 Å². The number of rotatable bonds is 7. The van der Waals surface area contributed by atoms with Crippen molar-refractivity contribution in [3.63, 3.8) is 0 Å². The van der Waals surface area contributed by atoms with Crippen molar-refractivity contribution in [3.05, 3.63) is 96.6 Å². The monoisotopic (exact) mass is 410 g/mol. The van der Waals surface area contributed by atoms with E-state index in [4.69, 9.17) is 4.74 Å². The minimum atomic E-state index is -1.62. The molecule has 0 aliphatic carbocycles. The van der Waals surface area contributed by atoms with Crippen LogP contribution >= 0.6 is 0 Å². The summed E-state index contributed by atoms with van der Waals surface area (Å²) in [4.78, 5) is 20.7. The van der Waals surface area contributed by atoms with Crippen LogP contribution in [0.3, 0.4) is 0 Å². The van der Waals surface area contributed by atoms with E-state index in [2.05, 4.69) is 20.2 Å². The Morgan fingerprint density at radius 1 is 0.933 bits per heavy atom. The lowest BCUT2D eigenvalue weighted by Crippen LogP contribution is -2.42. The molecule has 2 aromatic carbocycles. The fourth-order valence-corrected chi connectivity index (χ4v) is 3.16. The van der Waals surface area contributed by atoms with Crippen molar-refractivity contribution < 1.29 is 18.3 Å². The number of carbonyl (C=O) groups is 1. The number of nitrogens with zero attached hydrogens (tertiary/aromatic N) is 6. The molecule has 0 saturated carbocycles. The van der Waals surface area contributed by atoms with Crippen molar-refractivity contribution in [3.8, 4) is 0 Å². The highest BCUT2D eigenvalue weighted by Gasteiger charge is 2.41. The highest BCUT2D eigenvalue weighted by atomic mass is 19.1. The number of ether oxygens (including phenoxy) is 1. The summed E-state index contributed by atoms with van der Waals surface area (Å²) in [5.41, 5.74) is -1.37. The van der Waals surface area contributed by atoms with Crippen LogP contribution in [0.2, 0.25) is 0 Å². The van der Waals surface area contributed by atoms with Crippen LogP contribution in [0.25, 0.3) is 0 Å². The number of hydrogen-bond donors (Lipinski definition) is 0. The molecule has 0 spiro atoms. The van der Waals surface area contributed by atoms with Crippen molar-refractivity contribution in [1.82, 2.24) is 29.5 Å². The summed E-state index contributed by atoms with van der Waals surface area (Å²) in [5.74, 6) is -2.29. The number of hydrogen-bond acceptors (Lipinski definition) is 6. The molecule has 0 amide bonds. The molecule has 152 valence electrons. The van der Waals surface area contributed by atoms with Crippen LogP contribution in [-0.4, -0.2) is 35.5 Å². The van der Waals surface area contributed by atoms with Gasteiger partial charge in [-0.1, -0.05) is 18.2 Å². The maximum Gasteiger partial charge on any atom is 0.339 e. The SMILES string of the molecule is O=C(OC(Cn1cncn1)(Cn1cncn1)c1ccc(F)cc1F)c1ccccc1. The molecule has 0 atom stereocenters. The Labute approximate surface area is 169 Å². The van der Waals surface area contributed by atoms with E-state index in [1.807, 2.05) is 0 Å². The van der Waals surface area contributed by atoms with Crippen molar-refractivity contribution in [2.45, 2.75) is 18.7 Å². The Bertz CT molecular complexity index is 1080. The third kappa shape index (κ3) is 4.07. The maximum absolute atomic E-state index is 14.9. The lowest BCUT2D eigenvalue weighted by molar-refractivity contribution is -0.0464. The molecular formula is C20H16F2N6O2. The third-order valence-electron chi connectivity index (χ3n) is 4.49. The quantitative estimate of drug-likeness (QED) is 0.435. The Balaban J connectivity index is 1.83. The second kappa shape index (κ2) is 8.19. The van der Waals surface area contributed by atoms with E-state index < -0.39 is 23.2 Å². The van der Waals surface area contributed by atoms with Crippen LogP contribution in [0.4, 0.5) is 8.78 Å². The van der Waals surface area contributed by atoms with Gasteiger partial charge < -0.3 is 4.74 Å². The molecular weight excluding hydrogens is 394 g/mol. The zero-order valence-electron chi connectivity index (χ0n) is 15.6. The fraction of sp³-hybridized carbons (Fsp3) is 0.150. The molecule has 0 fully saturated rings. The average molecular weight is 410 g/mol. The summed E-state index contributed by atoms with van der Waals surface area (Å²) >= 11 is 0. The zero-order valence-corrected chi connectivity index (χ0v) is 15.6. The number of esters is 1. The maximum atomic E-state index is 14.9. The smallest absolute Gasteiger partial charge is 0.339 e. The highest BCUT2D eigenvalue weighted by molar-refractivity contribution is 5.89. The van der Waals surface area contributed by atoms with Crippen LogP contribution in [0.15, 0.2) is 73.8 Å². The van der Waals surface area contributed by atoms with Crippen LogP contribution in [-0.2, 0) is 23.4 Å². The van der Waals surface area contributed by atoms with Gasteiger partial charge >= 0.3 is 5.97 Å². The zero-order chi connectivity index (χ0) is 21.0. The van der Waals surface area contributed by atoms with Crippen LogP contribution in [0, 0.1) is 11.6 Å². The number of carbonyl (C=O) groups excluding carboxylic acids is 1. The minimum Gasteiger partial charge on any atom is -0.446 e. The van der Waals surface area contributed by atoms with E-state index in [-0.39, 0.29) is 24.2 Å². The van der Waals surface area contributed by atoms with Gasteiger partial charge in [-0.15, -0.1) is 0 Å². The first-order chi connectivity index (χ1) is 14.6. The molecule has 0 N–H and O–H groups in total.